The molecule has 2 rings (SSSR count). The minimum absolute atomic E-state index is 0.104. The summed E-state index contributed by atoms with van der Waals surface area (Å²) in [5, 5.41) is 22.0. The van der Waals surface area contributed by atoms with Gasteiger partial charge in [-0.3, -0.25) is 0 Å². The zero-order valence-electron chi connectivity index (χ0n) is 8.90. The van der Waals surface area contributed by atoms with E-state index in [2.05, 4.69) is 12.2 Å². The third-order valence-corrected chi connectivity index (χ3v) is 3.07. The second kappa shape index (κ2) is 4.11. The summed E-state index contributed by atoms with van der Waals surface area (Å²) in [5.74, 6) is 1.92. The standard InChI is InChI=1S/C12H17NO2/c1-8-4-10(8)7-13-6-9-2-3-11(14)5-12(9)15/h2-3,5,8,10,13-15H,4,6-7H2,1H3. The molecule has 0 aliphatic heterocycles. The molecule has 0 saturated heterocycles. The van der Waals surface area contributed by atoms with Gasteiger partial charge in [0.15, 0.2) is 0 Å². The molecule has 0 bridgehead atoms. The molecule has 0 amide bonds. The highest BCUT2D eigenvalue weighted by Gasteiger charge is 2.31. The van der Waals surface area contributed by atoms with E-state index in [1.165, 1.54) is 12.5 Å². The van der Waals surface area contributed by atoms with E-state index < -0.39 is 0 Å². The fourth-order valence-electron chi connectivity index (χ4n) is 1.78. The topological polar surface area (TPSA) is 52.5 Å². The minimum atomic E-state index is 0.104. The molecule has 1 aromatic carbocycles. The molecule has 3 heteroatoms. The minimum Gasteiger partial charge on any atom is -0.508 e. The van der Waals surface area contributed by atoms with E-state index in [9.17, 15) is 5.11 Å². The zero-order valence-corrected chi connectivity index (χ0v) is 8.90. The van der Waals surface area contributed by atoms with Crippen molar-refractivity contribution in [3.8, 4) is 11.5 Å². The molecule has 3 N–H and O–H groups in total. The van der Waals surface area contributed by atoms with Crippen molar-refractivity contribution in [2.24, 2.45) is 11.8 Å². The fraction of sp³-hybridized carbons (Fsp3) is 0.500. The number of hydrogen-bond donors (Lipinski definition) is 3. The molecule has 0 spiro atoms. The van der Waals surface area contributed by atoms with Crippen molar-refractivity contribution in [3.63, 3.8) is 0 Å². The number of hydrogen-bond acceptors (Lipinski definition) is 3. The Labute approximate surface area is 89.8 Å². The fourth-order valence-corrected chi connectivity index (χ4v) is 1.78. The van der Waals surface area contributed by atoms with E-state index in [0.717, 1.165) is 23.9 Å². The predicted molar refractivity (Wildman–Crippen MR) is 58.7 cm³/mol. The van der Waals surface area contributed by atoms with Crippen molar-refractivity contribution in [1.29, 1.82) is 0 Å². The van der Waals surface area contributed by atoms with Gasteiger partial charge in [0.2, 0.25) is 0 Å². The van der Waals surface area contributed by atoms with Crippen LogP contribution in [0, 0.1) is 11.8 Å². The van der Waals surface area contributed by atoms with Crippen LogP contribution in [0.2, 0.25) is 0 Å². The molecule has 0 heterocycles. The van der Waals surface area contributed by atoms with Crippen LogP contribution in [0.1, 0.15) is 18.9 Å². The van der Waals surface area contributed by atoms with Gasteiger partial charge in [-0.05, 0) is 30.9 Å². The van der Waals surface area contributed by atoms with Gasteiger partial charge in [0, 0.05) is 18.2 Å². The van der Waals surface area contributed by atoms with E-state index in [4.69, 9.17) is 5.11 Å². The molecule has 1 fully saturated rings. The second-order valence-corrected chi connectivity index (χ2v) is 4.42. The Kier molecular flexibility index (Phi) is 2.82. The van der Waals surface area contributed by atoms with Crippen molar-refractivity contribution in [2.75, 3.05) is 6.54 Å². The quantitative estimate of drug-likeness (QED) is 0.706. The Bertz CT molecular complexity index is 351. The number of benzene rings is 1. The number of rotatable bonds is 4. The Hall–Kier alpha value is -1.22. The van der Waals surface area contributed by atoms with Gasteiger partial charge in [0.25, 0.3) is 0 Å². The summed E-state index contributed by atoms with van der Waals surface area (Å²) in [6.45, 7) is 3.93. The highest BCUT2D eigenvalue weighted by molar-refractivity contribution is 5.38. The molecule has 2 unspecified atom stereocenters. The largest absolute Gasteiger partial charge is 0.508 e. The van der Waals surface area contributed by atoms with Gasteiger partial charge < -0.3 is 15.5 Å². The summed E-state index contributed by atoms with van der Waals surface area (Å²) >= 11 is 0. The molecule has 2 atom stereocenters. The highest BCUT2D eigenvalue weighted by Crippen LogP contribution is 2.36. The zero-order chi connectivity index (χ0) is 10.8. The Morgan fingerprint density at radius 1 is 1.40 bits per heavy atom. The van der Waals surface area contributed by atoms with Crippen LogP contribution in [0.3, 0.4) is 0 Å². The normalized spacial score (nSPS) is 24.1. The molecule has 1 aromatic rings. The van der Waals surface area contributed by atoms with Crippen LogP contribution in [-0.4, -0.2) is 16.8 Å². The van der Waals surface area contributed by atoms with E-state index in [1.54, 1.807) is 12.1 Å². The number of nitrogens with one attached hydrogen (secondary N) is 1. The average molecular weight is 207 g/mol. The van der Waals surface area contributed by atoms with Gasteiger partial charge in [-0.1, -0.05) is 13.0 Å². The summed E-state index contributed by atoms with van der Waals surface area (Å²) in [6.07, 6.45) is 1.31. The first kappa shape index (κ1) is 10.3. The molecule has 0 radical (unpaired) electrons. The highest BCUT2D eigenvalue weighted by atomic mass is 16.3. The molecule has 3 nitrogen and oxygen atoms in total. The molecule has 1 aliphatic carbocycles. The van der Waals surface area contributed by atoms with Crippen LogP contribution in [0.15, 0.2) is 18.2 Å². The van der Waals surface area contributed by atoms with Crippen molar-refractivity contribution < 1.29 is 10.2 Å². The van der Waals surface area contributed by atoms with Crippen LogP contribution in [-0.2, 0) is 6.54 Å². The lowest BCUT2D eigenvalue weighted by Crippen LogP contribution is -2.16. The van der Waals surface area contributed by atoms with Crippen molar-refractivity contribution in [1.82, 2.24) is 5.32 Å². The van der Waals surface area contributed by atoms with Crippen LogP contribution < -0.4 is 5.32 Å². The molecule has 15 heavy (non-hydrogen) atoms. The average Bonchev–Trinajstić information content (AvgIpc) is 2.86. The van der Waals surface area contributed by atoms with E-state index in [1.807, 2.05) is 0 Å². The van der Waals surface area contributed by atoms with Gasteiger partial charge in [0.1, 0.15) is 11.5 Å². The lowest BCUT2D eigenvalue weighted by atomic mass is 10.2. The predicted octanol–water partition coefficient (Wildman–Crippen LogP) is 1.84. The maximum atomic E-state index is 9.52. The first-order chi connectivity index (χ1) is 7.16. The lowest BCUT2D eigenvalue weighted by molar-refractivity contribution is 0.443. The van der Waals surface area contributed by atoms with Crippen LogP contribution >= 0.6 is 0 Å². The molecule has 1 saturated carbocycles. The number of aromatic hydroxyl groups is 2. The molecule has 1 aliphatic rings. The Balaban J connectivity index is 1.82. The summed E-state index contributed by atoms with van der Waals surface area (Å²) in [7, 11) is 0. The summed E-state index contributed by atoms with van der Waals surface area (Å²) in [4.78, 5) is 0. The molecular formula is C12H17NO2. The van der Waals surface area contributed by atoms with E-state index in [0.29, 0.717) is 6.54 Å². The summed E-state index contributed by atoms with van der Waals surface area (Å²) in [6, 6.07) is 4.71. The SMILES string of the molecule is CC1CC1CNCc1ccc(O)cc1O. The Morgan fingerprint density at radius 2 is 2.13 bits per heavy atom. The molecule has 0 aromatic heterocycles. The molecular weight excluding hydrogens is 190 g/mol. The maximum absolute atomic E-state index is 9.52. The smallest absolute Gasteiger partial charge is 0.123 e. The third-order valence-electron chi connectivity index (χ3n) is 3.07. The van der Waals surface area contributed by atoms with Crippen molar-refractivity contribution >= 4 is 0 Å². The van der Waals surface area contributed by atoms with Gasteiger partial charge in [-0.15, -0.1) is 0 Å². The monoisotopic (exact) mass is 207 g/mol. The lowest BCUT2D eigenvalue weighted by Gasteiger charge is -2.06. The Morgan fingerprint density at radius 3 is 2.73 bits per heavy atom. The van der Waals surface area contributed by atoms with Crippen LogP contribution in [0.5, 0.6) is 11.5 Å². The first-order valence-electron chi connectivity index (χ1n) is 5.38. The van der Waals surface area contributed by atoms with Gasteiger partial charge in [0.05, 0.1) is 0 Å². The number of phenols is 2. The van der Waals surface area contributed by atoms with E-state index in [-0.39, 0.29) is 11.5 Å². The summed E-state index contributed by atoms with van der Waals surface area (Å²) < 4.78 is 0. The summed E-state index contributed by atoms with van der Waals surface area (Å²) in [5.41, 5.74) is 0.834. The molecule has 82 valence electrons. The second-order valence-electron chi connectivity index (χ2n) is 4.42. The van der Waals surface area contributed by atoms with Gasteiger partial charge in [-0.2, -0.15) is 0 Å². The van der Waals surface area contributed by atoms with Crippen molar-refractivity contribution in [2.45, 2.75) is 19.9 Å². The van der Waals surface area contributed by atoms with Gasteiger partial charge in [-0.25, -0.2) is 0 Å². The first-order valence-corrected chi connectivity index (χ1v) is 5.38. The third kappa shape index (κ3) is 2.63. The van der Waals surface area contributed by atoms with Crippen LogP contribution in [0.4, 0.5) is 0 Å². The van der Waals surface area contributed by atoms with E-state index >= 15 is 0 Å². The van der Waals surface area contributed by atoms with Crippen LogP contribution in [0.25, 0.3) is 0 Å². The number of phenolic OH excluding ortho intramolecular Hbond substituents is 2. The van der Waals surface area contributed by atoms with Crippen molar-refractivity contribution in [3.05, 3.63) is 23.8 Å². The van der Waals surface area contributed by atoms with Gasteiger partial charge >= 0.3 is 0 Å². The maximum Gasteiger partial charge on any atom is 0.123 e.